The zero-order chi connectivity index (χ0) is 15.3. The van der Waals surface area contributed by atoms with Gasteiger partial charge in [-0.2, -0.15) is 0 Å². The predicted molar refractivity (Wildman–Crippen MR) is 91.7 cm³/mol. The van der Waals surface area contributed by atoms with E-state index in [1.807, 2.05) is 12.3 Å². The van der Waals surface area contributed by atoms with Crippen LogP contribution in [0.1, 0.15) is 22.7 Å². The van der Waals surface area contributed by atoms with Crippen LogP contribution < -0.4 is 12.4 Å². The monoisotopic (exact) mass is 313 g/mol. The maximum atomic E-state index is 4.01. The highest BCUT2D eigenvalue weighted by Crippen LogP contribution is 2.29. The van der Waals surface area contributed by atoms with Gasteiger partial charge in [0.15, 0.2) is 0 Å². The van der Waals surface area contributed by atoms with E-state index in [0.29, 0.717) is 6.04 Å². The number of hydrogen-bond acceptors (Lipinski definition) is 0. The van der Waals surface area contributed by atoms with E-state index in [0.717, 1.165) is 16.5 Å². The molecule has 1 nitrogen and oxygen atoms in total. The van der Waals surface area contributed by atoms with Crippen molar-refractivity contribution in [1.29, 1.82) is 0 Å². The average Bonchev–Trinajstić information content (AvgIpc) is 2.54. The van der Waals surface area contributed by atoms with Crippen molar-refractivity contribution in [3.63, 3.8) is 0 Å². The van der Waals surface area contributed by atoms with Crippen LogP contribution in [-0.4, -0.2) is 18.6 Å². The standard InChI is InChI=1S/C20H24N.ClH/c1-5-17-12-14-18(15-13-17)16-20(21(3,4)6-2)19-10-8-7-9-11-19;/h5-15,20H,1-2,16H2,3-4H3;1H/q+1;/p-1. The summed E-state index contributed by atoms with van der Waals surface area (Å²) in [6, 6.07) is 19.7. The Morgan fingerprint density at radius 1 is 0.955 bits per heavy atom. The molecule has 0 saturated carbocycles. The van der Waals surface area contributed by atoms with E-state index in [1.54, 1.807) is 0 Å². The smallest absolute Gasteiger partial charge is 0.122 e. The first-order valence-electron chi connectivity index (χ1n) is 7.30. The van der Waals surface area contributed by atoms with Crippen LogP contribution in [0.5, 0.6) is 0 Å². The van der Waals surface area contributed by atoms with E-state index >= 15 is 0 Å². The molecule has 0 aliphatic rings. The lowest BCUT2D eigenvalue weighted by Crippen LogP contribution is -3.00. The number of likely N-dealkylation sites (N-methyl/N-ethyl adjacent to an activating group) is 1. The first kappa shape index (κ1) is 18.2. The molecule has 2 aromatic carbocycles. The van der Waals surface area contributed by atoms with Crippen molar-refractivity contribution < 1.29 is 16.9 Å². The van der Waals surface area contributed by atoms with Crippen LogP contribution in [0.15, 0.2) is 74.0 Å². The van der Waals surface area contributed by atoms with E-state index in [2.05, 4.69) is 81.9 Å². The number of nitrogens with zero attached hydrogens (tertiary/aromatic N) is 1. The van der Waals surface area contributed by atoms with Gasteiger partial charge in [0.25, 0.3) is 0 Å². The summed E-state index contributed by atoms with van der Waals surface area (Å²) in [7, 11) is 4.39. The van der Waals surface area contributed by atoms with Crippen molar-refractivity contribution in [2.24, 2.45) is 0 Å². The fourth-order valence-corrected chi connectivity index (χ4v) is 2.55. The van der Waals surface area contributed by atoms with Gasteiger partial charge in [0.05, 0.1) is 20.3 Å². The van der Waals surface area contributed by atoms with E-state index in [-0.39, 0.29) is 12.4 Å². The Morgan fingerprint density at radius 2 is 1.55 bits per heavy atom. The summed E-state index contributed by atoms with van der Waals surface area (Å²) >= 11 is 0. The summed E-state index contributed by atoms with van der Waals surface area (Å²) in [6.07, 6.45) is 4.87. The van der Waals surface area contributed by atoms with Gasteiger partial charge in [-0.05, 0) is 17.7 Å². The second-order valence-corrected chi connectivity index (χ2v) is 5.89. The zero-order valence-corrected chi connectivity index (χ0v) is 14.1. The molecule has 0 bridgehead atoms. The second kappa shape index (κ2) is 7.98. The Kier molecular flexibility index (Phi) is 6.61. The molecular formula is C20H24ClN. The van der Waals surface area contributed by atoms with Crippen LogP contribution in [0.2, 0.25) is 0 Å². The fraction of sp³-hybridized carbons (Fsp3) is 0.200. The van der Waals surface area contributed by atoms with Gasteiger partial charge in [-0.15, -0.1) is 0 Å². The molecule has 2 heteroatoms. The summed E-state index contributed by atoms with van der Waals surface area (Å²) in [6.45, 7) is 7.81. The third kappa shape index (κ3) is 4.33. The molecule has 0 heterocycles. The highest BCUT2D eigenvalue weighted by molar-refractivity contribution is 5.47. The lowest BCUT2D eigenvalue weighted by Gasteiger charge is -2.35. The van der Waals surface area contributed by atoms with Crippen molar-refractivity contribution >= 4 is 6.08 Å². The largest absolute Gasteiger partial charge is 1.00 e. The molecule has 0 aliphatic carbocycles. The molecule has 0 saturated heterocycles. The first-order valence-corrected chi connectivity index (χ1v) is 7.30. The summed E-state index contributed by atoms with van der Waals surface area (Å²) < 4.78 is 0.757. The summed E-state index contributed by atoms with van der Waals surface area (Å²) in [5.74, 6) is 0. The zero-order valence-electron chi connectivity index (χ0n) is 13.4. The Labute approximate surface area is 140 Å². The molecule has 0 aromatic heterocycles. The predicted octanol–water partition coefficient (Wildman–Crippen LogP) is 1.84. The van der Waals surface area contributed by atoms with E-state index in [1.165, 1.54) is 11.1 Å². The minimum Gasteiger partial charge on any atom is -1.00 e. The van der Waals surface area contributed by atoms with Crippen molar-refractivity contribution in [3.05, 3.63) is 90.6 Å². The minimum absolute atomic E-state index is 0. The molecule has 0 fully saturated rings. The molecule has 1 unspecified atom stereocenters. The SMILES string of the molecule is C=Cc1ccc(CC(c2ccccc2)[N+](C)(C)C=C)cc1.[Cl-]. The normalized spacial score (nSPS) is 12.1. The topological polar surface area (TPSA) is 0 Å². The van der Waals surface area contributed by atoms with Crippen molar-refractivity contribution in [2.45, 2.75) is 12.5 Å². The quantitative estimate of drug-likeness (QED) is 0.714. The summed E-state index contributed by atoms with van der Waals surface area (Å²) in [4.78, 5) is 0. The van der Waals surface area contributed by atoms with Crippen LogP contribution in [0, 0.1) is 0 Å². The van der Waals surface area contributed by atoms with Crippen LogP contribution >= 0.6 is 0 Å². The second-order valence-electron chi connectivity index (χ2n) is 5.89. The Bertz CT molecular complexity index is 599. The molecule has 0 spiro atoms. The van der Waals surface area contributed by atoms with Crippen molar-refractivity contribution in [2.75, 3.05) is 14.1 Å². The van der Waals surface area contributed by atoms with Crippen molar-refractivity contribution in [3.8, 4) is 0 Å². The van der Waals surface area contributed by atoms with Crippen LogP contribution in [0.25, 0.3) is 6.08 Å². The first-order chi connectivity index (χ1) is 10.1. The maximum absolute atomic E-state index is 4.01. The fourth-order valence-electron chi connectivity index (χ4n) is 2.55. The number of rotatable bonds is 6. The molecule has 2 rings (SSSR count). The Morgan fingerprint density at radius 3 is 2.05 bits per heavy atom. The molecule has 116 valence electrons. The van der Waals surface area contributed by atoms with E-state index in [4.69, 9.17) is 0 Å². The molecular weight excluding hydrogens is 290 g/mol. The van der Waals surface area contributed by atoms with Gasteiger partial charge in [-0.3, -0.25) is 4.48 Å². The van der Waals surface area contributed by atoms with Gasteiger partial charge in [0.2, 0.25) is 0 Å². The van der Waals surface area contributed by atoms with Crippen molar-refractivity contribution in [1.82, 2.24) is 0 Å². The van der Waals surface area contributed by atoms with Gasteiger partial charge in [0.1, 0.15) is 6.04 Å². The number of benzene rings is 2. The van der Waals surface area contributed by atoms with E-state index in [9.17, 15) is 0 Å². The van der Waals surface area contributed by atoms with Crippen LogP contribution in [0.3, 0.4) is 0 Å². The molecule has 2 aromatic rings. The maximum Gasteiger partial charge on any atom is 0.122 e. The third-order valence-corrected chi connectivity index (χ3v) is 4.10. The van der Waals surface area contributed by atoms with Gasteiger partial charge < -0.3 is 12.4 Å². The van der Waals surface area contributed by atoms with Gasteiger partial charge in [0, 0.05) is 12.0 Å². The molecule has 0 radical (unpaired) electrons. The summed E-state index contributed by atoms with van der Waals surface area (Å²) in [5, 5.41) is 0. The average molecular weight is 314 g/mol. The highest BCUT2D eigenvalue weighted by Gasteiger charge is 2.27. The van der Waals surface area contributed by atoms with Gasteiger partial charge >= 0.3 is 0 Å². The minimum atomic E-state index is 0. The lowest BCUT2D eigenvalue weighted by atomic mass is 9.96. The Balaban J connectivity index is 0.00000242. The molecule has 0 amide bonds. The van der Waals surface area contributed by atoms with E-state index < -0.39 is 0 Å². The van der Waals surface area contributed by atoms with Gasteiger partial charge in [-0.25, -0.2) is 0 Å². The number of quaternary nitrogens is 1. The molecule has 0 aliphatic heterocycles. The Hall–Kier alpha value is -1.83. The molecule has 0 N–H and O–H groups in total. The number of halogens is 1. The third-order valence-electron chi connectivity index (χ3n) is 4.10. The number of hydrogen-bond donors (Lipinski definition) is 0. The van der Waals surface area contributed by atoms with Crippen LogP contribution in [-0.2, 0) is 6.42 Å². The molecule has 22 heavy (non-hydrogen) atoms. The molecule has 1 atom stereocenters. The summed E-state index contributed by atoms with van der Waals surface area (Å²) in [5.41, 5.74) is 3.84. The van der Waals surface area contributed by atoms with Gasteiger partial charge in [-0.1, -0.05) is 67.3 Å². The van der Waals surface area contributed by atoms with Crippen LogP contribution in [0.4, 0.5) is 0 Å². The highest BCUT2D eigenvalue weighted by atomic mass is 35.5. The lowest BCUT2D eigenvalue weighted by molar-refractivity contribution is -0.871.